The van der Waals surface area contributed by atoms with E-state index in [4.69, 9.17) is 4.74 Å². The number of sulfonamides is 1. The molecule has 10 heteroatoms. The standard InChI is InChI=1S/C23H23N3O5S2/c27-22(17-6-3-7-19(15-17)25-23(28)20-8-4-14-32-20)24-16-18-5-1-2-9-21(18)33(29,30)26-10-12-31-13-11-26/h1-9,14-15H,10-13,16H2,(H,24,27)(H,25,28). The van der Waals surface area contributed by atoms with E-state index in [-0.39, 0.29) is 23.3 Å². The second-order valence-electron chi connectivity index (χ2n) is 7.32. The van der Waals surface area contributed by atoms with Gasteiger partial charge in [-0.25, -0.2) is 8.42 Å². The van der Waals surface area contributed by atoms with Crippen LogP contribution in [0, 0.1) is 0 Å². The SMILES string of the molecule is O=C(NCc1ccccc1S(=O)(=O)N1CCOCC1)c1cccc(NC(=O)c2cccs2)c1. The summed E-state index contributed by atoms with van der Waals surface area (Å²) in [6.07, 6.45) is 0. The zero-order valence-corrected chi connectivity index (χ0v) is 19.3. The number of carbonyl (C=O) groups excluding carboxylic acids is 2. The Labute approximate surface area is 196 Å². The summed E-state index contributed by atoms with van der Waals surface area (Å²) in [4.78, 5) is 25.8. The first-order valence-corrected chi connectivity index (χ1v) is 12.7. The van der Waals surface area contributed by atoms with E-state index >= 15 is 0 Å². The Morgan fingerprint density at radius 2 is 1.76 bits per heavy atom. The fourth-order valence-electron chi connectivity index (χ4n) is 3.44. The fraction of sp³-hybridized carbons (Fsp3) is 0.217. The van der Waals surface area contributed by atoms with E-state index in [1.54, 1.807) is 60.7 Å². The van der Waals surface area contributed by atoms with Crippen LogP contribution in [0.15, 0.2) is 70.9 Å². The van der Waals surface area contributed by atoms with Gasteiger partial charge in [0.25, 0.3) is 11.8 Å². The summed E-state index contributed by atoms with van der Waals surface area (Å²) in [6, 6.07) is 16.7. The lowest BCUT2D eigenvalue weighted by Gasteiger charge is -2.27. The normalized spacial score (nSPS) is 14.5. The molecule has 2 aromatic carbocycles. The Morgan fingerprint density at radius 1 is 0.970 bits per heavy atom. The quantitative estimate of drug-likeness (QED) is 0.535. The summed E-state index contributed by atoms with van der Waals surface area (Å²) in [7, 11) is -3.69. The minimum absolute atomic E-state index is 0.0460. The molecule has 8 nitrogen and oxygen atoms in total. The van der Waals surface area contributed by atoms with Crippen LogP contribution in [0.25, 0.3) is 0 Å². The largest absolute Gasteiger partial charge is 0.379 e. The zero-order valence-electron chi connectivity index (χ0n) is 17.7. The molecule has 1 fully saturated rings. The number of anilines is 1. The van der Waals surface area contributed by atoms with Crippen molar-refractivity contribution in [2.45, 2.75) is 11.4 Å². The molecule has 33 heavy (non-hydrogen) atoms. The lowest BCUT2D eigenvalue weighted by atomic mass is 10.1. The Morgan fingerprint density at radius 3 is 2.52 bits per heavy atom. The van der Waals surface area contributed by atoms with E-state index in [2.05, 4.69) is 10.6 Å². The minimum Gasteiger partial charge on any atom is -0.379 e. The molecular formula is C23H23N3O5S2. The first kappa shape index (κ1) is 23.1. The molecule has 0 aliphatic carbocycles. The van der Waals surface area contributed by atoms with Gasteiger partial charge < -0.3 is 15.4 Å². The van der Waals surface area contributed by atoms with Crippen molar-refractivity contribution in [2.75, 3.05) is 31.6 Å². The topological polar surface area (TPSA) is 105 Å². The first-order valence-electron chi connectivity index (χ1n) is 10.3. The maximum atomic E-state index is 13.1. The summed E-state index contributed by atoms with van der Waals surface area (Å²) in [5.41, 5.74) is 1.35. The van der Waals surface area contributed by atoms with Crippen molar-refractivity contribution in [1.82, 2.24) is 9.62 Å². The molecule has 4 rings (SSSR count). The number of amides is 2. The van der Waals surface area contributed by atoms with E-state index in [9.17, 15) is 18.0 Å². The second kappa shape index (κ2) is 10.3. The van der Waals surface area contributed by atoms with Crippen LogP contribution in [0.5, 0.6) is 0 Å². The van der Waals surface area contributed by atoms with E-state index in [1.165, 1.54) is 15.6 Å². The van der Waals surface area contributed by atoms with Crippen LogP contribution in [-0.2, 0) is 21.3 Å². The summed E-state index contributed by atoms with van der Waals surface area (Å²) >= 11 is 1.33. The van der Waals surface area contributed by atoms with E-state index < -0.39 is 10.0 Å². The third-order valence-electron chi connectivity index (χ3n) is 5.13. The molecule has 2 heterocycles. The third-order valence-corrected chi connectivity index (χ3v) is 8.00. The van der Waals surface area contributed by atoms with Gasteiger partial charge in [-0.3, -0.25) is 9.59 Å². The Kier molecular flexibility index (Phi) is 7.19. The summed E-state index contributed by atoms with van der Waals surface area (Å²) < 4.78 is 32.8. The third kappa shape index (κ3) is 5.48. The molecule has 1 aliphatic rings. The van der Waals surface area contributed by atoms with Gasteiger partial charge >= 0.3 is 0 Å². The molecule has 2 N–H and O–H groups in total. The highest BCUT2D eigenvalue weighted by Gasteiger charge is 2.28. The van der Waals surface area contributed by atoms with Crippen LogP contribution in [-0.4, -0.2) is 50.8 Å². The monoisotopic (exact) mass is 485 g/mol. The van der Waals surface area contributed by atoms with Crippen LogP contribution in [0.3, 0.4) is 0 Å². The molecule has 0 spiro atoms. The van der Waals surface area contributed by atoms with Crippen LogP contribution in [0.2, 0.25) is 0 Å². The van der Waals surface area contributed by atoms with Crippen molar-refractivity contribution < 1.29 is 22.7 Å². The summed E-state index contributed by atoms with van der Waals surface area (Å²) in [6.45, 7) is 1.36. The second-order valence-corrected chi connectivity index (χ2v) is 10.2. The number of rotatable bonds is 7. The molecule has 0 unspecified atom stereocenters. The Balaban J connectivity index is 1.45. The van der Waals surface area contributed by atoms with Crippen LogP contribution in [0.1, 0.15) is 25.6 Å². The molecule has 1 saturated heterocycles. The van der Waals surface area contributed by atoms with Gasteiger partial charge in [-0.15, -0.1) is 11.3 Å². The van der Waals surface area contributed by atoms with E-state index in [1.807, 2.05) is 5.38 Å². The van der Waals surface area contributed by atoms with Gasteiger partial charge in [-0.1, -0.05) is 30.3 Å². The van der Waals surface area contributed by atoms with Crippen LogP contribution in [0.4, 0.5) is 5.69 Å². The number of benzene rings is 2. The first-order chi connectivity index (χ1) is 15.9. The number of morpholine rings is 1. The molecule has 1 aliphatic heterocycles. The fourth-order valence-corrected chi connectivity index (χ4v) is 5.69. The van der Waals surface area contributed by atoms with Crippen LogP contribution >= 0.6 is 11.3 Å². The molecule has 1 aromatic heterocycles. The van der Waals surface area contributed by atoms with Gasteiger partial charge in [0.1, 0.15) is 0 Å². The average Bonchev–Trinajstić information content (AvgIpc) is 3.39. The average molecular weight is 486 g/mol. The number of ether oxygens (including phenoxy) is 1. The maximum Gasteiger partial charge on any atom is 0.265 e. The number of nitrogens with one attached hydrogen (secondary N) is 2. The predicted molar refractivity (Wildman–Crippen MR) is 126 cm³/mol. The molecular weight excluding hydrogens is 462 g/mol. The van der Waals surface area contributed by atoms with E-state index in [0.717, 1.165) is 0 Å². The summed E-state index contributed by atoms with van der Waals surface area (Å²) in [5, 5.41) is 7.37. The number of hydrogen-bond acceptors (Lipinski definition) is 6. The van der Waals surface area contributed by atoms with Crippen molar-refractivity contribution in [1.29, 1.82) is 0 Å². The van der Waals surface area contributed by atoms with Crippen molar-refractivity contribution in [2.24, 2.45) is 0 Å². The van der Waals surface area contributed by atoms with Gasteiger partial charge in [-0.2, -0.15) is 4.31 Å². The smallest absolute Gasteiger partial charge is 0.265 e. The van der Waals surface area contributed by atoms with Crippen molar-refractivity contribution >= 4 is 38.9 Å². The summed E-state index contributed by atoms with van der Waals surface area (Å²) in [5.74, 6) is -0.620. The molecule has 172 valence electrons. The Hall–Kier alpha value is -3.05. The zero-order chi connectivity index (χ0) is 23.3. The predicted octanol–water partition coefficient (Wildman–Crippen LogP) is 2.95. The van der Waals surface area contributed by atoms with Gasteiger partial charge in [0.05, 0.1) is 23.0 Å². The number of carbonyl (C=O) groups is 2. The highest BCUT2D eigenvalue weighted by Crippen LogP contribution is 2.21. The maximum absolute atomic E-state index is 13.1. The lowest BCUT2D eigenvalue weighted by Crippen LogP contribution is -2.41. The van der Waals surface area contributed by atoms with E-state index in [0.29, 0.717) is 48.0 Å². The van der Waals surface area contributed by atoms with Gasteiger partial charge in [0.2, 0.25) is 10.0 Å². The van der Waals surface area contributed by atoms with Gasteiger partial charge in [-0.05, 0) is 41.3 Å². The lowest BCUT2D eigenvalue weighted by molar-refractivity contribution is 0.0730. The van der Waals surface area contributed by atoms with Gasteiger partial charge in [0, 0.05) is 30.9 Å². The molecule has 2 amide bonds. The number of hydrogen-bond donors (Lipinski definition) is 2. The van der Waals surface area contributed by atoms with Crippen molar-refractivity contribution in [3.63, 3.8) is 0 Å². The Bertz CT molecular complexity index is 1240. The number of thiophene rings is 1. The molecule has 0 saturated carbocycles. The van der Waals surface area contributed by atoms with Crippen molar-refractivity contribution in [3.8, 4) is 0 Å². The highest BCUT2D eigenvalue weighted by molar-refractivity contribution is 7.89. The molecule has 3 aromatic rings. The highest BCUT2D eigenvalue weighted by atomic mass is 32.2. The number of nitrogens with zero attached hydrogens (tertiary/aromatic N) is 1. The van der Waals surface area contributed by atoms with Crippen molar-refractivity contribution in [3.05, 3.63) is 82.0 Å². The molecule has 0 bridgehead atoms. The molecule has 0 radical (unpaired) electrons. The molecule has 0 atom stereocenters. The minimum atomic E-state index is -3.69. The van der Waals surface area contributed by atoms with Gasteiger partial charge in [0.15, 0.2) is 0 Å². The van der Waals surface area contributed by atoms with Crippen LogP contribution < -0.4 is 10.6 Å².